The Morgan fingerprint density at radius 2 is 1.28 bits per heavy atom. The first-order valence-electron chi connectivity index (χ1n) is 12.0. The molecule has 0 aromatic heterocycles. The highest BCUT2D eigenvalue weighted by Gasteiger charge is 2.18. The van der Waals surface area contributed by atoms with Crippen molar-refractivity contribution in [2.24, 2.45) is 0 Å². The second kappa shape index (κ2) is 14.4. The van der Waals surface area contributed by atoms with Crippen molar-refractivity contribution in [3.8, 4) is 0 Å². The maximum atomic E-state index is 11.9. The Bertz CT molecular complexity index is 1110. The van der Waals surface area contributed by atoms with Crippen LogP contribution in [0.3, 0.4) is 0 Å². The molecule has 0 bridgehead atoms. The van der Waals surface area contributed by atoms with Crippen LogP contribution in [-0.4, -0.2) is 37.6 Å². The fourth-order valence-electron chi connectivity index (χ4n) is 4.00. The SMILES string of the molecule is COC(=O)C(=C/C=C/c1ccccc1CCCN(Cc1ccccc1)Cc1ccccc1)C(=O)OC. The molecule has 5 nitrogen and oxygen atoms in total. The smallest absolute Gasteiger partial charge is 0.345 e. The molecule has 0 saturated heterocycles. The van der Waals surface area contributed by atoms with E-state index in [9.17, 15) is 9.59 Å². The third-order valence-corrected chi connectivity index (χ3v) is 5.82. The van der Waals surface area contributed by atoms with Crippen molar-refractivity contribution in [1.82, 2.24) is 4.90 Å². The van der Waals surface area contributed by atoms with Gasteiger partial charge in [-0.05, 0) is 47.7 Å². The van der Waals surface area contributed by atoms with Gasteiger partial charge in [-0.15, -0.1) is 0 Å². The summed E-state index contributed by atoms with van der Waals surface area (Å²) in [5.41, 5.74) is 4.71. The molecule has 0 saturated carbocycles. The van der Waals surface area contributed by atoms with E-state index < -0.39 is 11.9 Å². The molecule has 0 heterocycles. The lowest BCUT2D eigenvalue weighted by Gasteiger charge is -2.23. The number of aryl methyl sites for hydroxylation is 1. The molecule has 0 aliphatic rings. The Labute approximate surface area is 213 Å². The zero-order valence-electron chi connectivity index (χ0n) is 20.9. The van der Waals surface area contributed by atoms with Crippen LogP contribution >= 0.6 is 0 Å². The summed E-state index contributed by atoms with van der Waals surface area (Å²) in [7, 11) is 2.47. The Morgan fingerprint density at radius 3 is 1.83 bits per heavy atom. The van der Waals surface area contributed by atoms with Crippen LogP contribution in [0.25, 0.3) is 6.08 Å². The second-order valence-corrected chi connectivity index (χ2v) is 8.41. The number of allylic oxidation sites excluding steroid dienone is 2. The minimum atomic E-state index is -0.725. The molecule has 3 aromatic carbocycles. The Hall–Kier alpha value is -3.96. The lowest BCUT2D eigenvalue weighted by atomic mass is 10.0. The van der Waals surface area contributed by atoms with E-state index in [2.05, 4.69) is 69.0 Å². The summed E-state index contributed by atoms with van der Waals surface area (Å²) in [5.74, 6) is -1.45. The van der Waals surface area contributed by atoms with Crippen LogP contribution in [-0.2, 0) is 38.6 Å². The molecule has 0 fully saturated rings. The van der Waals surface area contributed by atoms with Crippen LogP contribution in [0.15, 0.2) is 103 Å². The third-order valence-electron chi connectivity index (χ3n) is 5.82. The molecule has 3 rings (SSSR count). The number of hydrogen-bond acceptors (Lipinski definition) is 5. The molecule has 0 amide bonds. The zero-order valence-corrected chi connectivity index (χ0v) is 20.9. The van der Waals surface area contributed by atoms with Gasteiger partial charge in [0, 0.05) is 13.1 Å². The molecule has 0 aliphatic carbocycles. The predicted octanol–water partition coefficient (Wildman–Crippen LogP) is 5.61. The average molecular weight is 484 g/mol. The number of methoxy groups -OCH3 is 2. The van der Waals surface area contributed by atoms with Gasteiger partial charge in [-0.2, -0.15) is 0 Å². The standard InChI is InChI=1S/C31H33NO4/c1-35-30(33)29(31(34)36-2)21-11-19-27-17-9-10-18-28(27)20-12-22-32(23-25-13-5-3-6-14-25)24-26-15-7-4-8-16-26/h3-11,13-19,21H,12,20,22-24H2,1-2H3/b19-11+. The number of ether oxygens (including phenoxy) is 2. The number of esters is 2. The zero-order chi connectivity index (χ0) is 25.6. The van der Waals surface area contributed by atoms with E-state index in [4.69, 9.17) is 0 Å². The third kappa shape index (κ3) is 8.36. The molecule has 0 atom stereocenters. The van der Waals surface area contributed by atoms with Crippen LogP contribution in [0.1, 0.15) is 28.7 Å². The lowest BCUT2D eigenvalue weighted by Crippen LogP contribution is -2.24. The number of carbonyl (C=O) groups is 2. The van der Waals surface area contributed by atoms with Crippen LogP contribution in [0, 0.1) is 0 Å². The molecule has 5 heteroatoms. The van der Waals surface area contributed by atoms with Gasteiger partial charge in [-0.25, -0.2) is 9.59 Å². The van der Waals surface area contributed by atoms with E-state index in [0.717, 1.165) is 38.0 Å². The van der Waals surface area contributed by atoms with Gasteiger partial charge in [-0.3, -0.25) is 4.90 Å². The average Bonchev–Trinajstić information content (AvgIpc) is 2.92. The van der Waals surface area contributed by atoms with E-state index in [-0.39, 0.29) is 5.57 Å². The van der Waals surface area contributed by atoms with Crippen molar-refractivity contribution in [2.45, 2.75) is 25.9 Å². The van der Waals surface area contributed by atoms with Crippen molar-refractivity contribution in [2.75, 3.05) is 20.8 Å². The highest BCUT2D eigenvalue weighted by atomic mass is 16.5. The van der Waals surface area contributed by atoms with Crippen molar-refractivity contribution >= 4 is 18.0 Å². The highest BCUT2D eigenvalue weighted by molar-refractivity contribution is 6.14. The first-order valence-corrected chi connectivity index (χ1v) is 12.0. The summed E-state index contributed by atoms with van der Waals surface area (Å²) < 4.78 is 9.35. The van der Waals surface area contributed by atoms with Gasteiger partial charge >= 0.3 is 11.9 Å². The molecular weight excluding hydrogens is 450 g/mol. The van der Waals surface area contributed by atoms with Crippen LogP contribution in [0.5, 0.6) is 0 Å². The largest absolute Gasteiger partial charge is 0.465 e. The summed E-state index contributed by atoms with van der Waals surface area (Å²) in [6.45, 7) is 2.74. The molecule has 3 aromatic rings. The predicted molar refractivity (Wildman–Crippen MR) is 143 cm³/mol. The van der Waals surface area contributed by atoms with Gasteiger partial charge in [0.2, 0.25) is 0 Å². The van der Waals surface area contributed by atoms with Gasteiger partial charge in [-0.1, -0.05) is 97.1 Å². The number of benzene rings is 3. The normalized spacial score (nSPS) is 10.9. The lowest BCUT2D eigenvalue weighted by molar-refractivity contribution is -0.144. The molecule has 0 unspecified atom stereocenters. The first-order chi connectivity index (χ1) is 17.6. The minimum absolute atomic E-state index is 0.147. The monoisotopic (exact) mass is 483 g/mol. The minimum Gasteiger partial charge on any atom is -0.465 e. The van der Waals surface area contributed by atoms with E-state index >= 15 is 0 Å². The number of nitrogens with zero attached hydrogens (tertiary/aromatic N) is 1. The summed E-state index contributed by atoms with van der Waals surface area (Å²) in [6, 6.07) is 29.2. The molecular formula is C31H33NO4. The van der Waals surface area contributed by atoms with Crippen LogP contribution in [0.2, 0.25) is 0 Å². The van der Waals surface area contributed by atoms with E-state index in [1.165, 1.54) is 37.0 Å². The summed E-state index contributed by atoms with van der Waals surface area (Å²) in [4.78, 5) is 26.2. The maximum Gasteiger partial charge on any atom is 0.345 e. The molecule has 0 radical (unpaired) electrons. The molecule has 36 heavy (non-hydrogen) atoms. The van der Waals surface area contributed by atoms with Crippen molar-refractivity contribution < 1.29 is 19.1 Å². The highest BCUT2D eigenvalue weighted by Crippen LogP contribution is 2.16. The molecule has 186 valence electrons. The summed E-state index contributed by atoms with van der Waals surface area (Å²) in [5, 5.41) is 0. The van der Waals surface area contributed by atoms with Gasteiger partial charge < -0.3 is 9.47 Å². The van der Waals surface area contributed by atoms with Gasteiger partial charge in [0.05, 0.1) is 14.2 Å². The van der Waals surface area contributed by atoms with Crippen molar-refractivity contribution in [1.29, 1.82) is 0 Å². The first kappa shape index (κ1) is 26.6. The fraction of sp³-hybridized carbons (Fsp3) is 0.226. The Kier molecular flexibility index (Phi) is 10.7. The Balaban J connectivity index is 1.68. The maximum absolute atomic E-state index is 11.9. The molecule has 0 spiro atoms. The van der Waals surface area contributed by atoms with Crippen LogP contribution < -0.4 is 0 Å². The van der Waals surface area contributed by atoms with Gasteiger partial charge in [0.25, 0.3) is 0 Å². The summed E-state index contributed by atoms with van der Waals surface area (Å²) in [6.07, 6.45) is 6.91. The number of rotatable bonds is 12. The summed E-state index contributed by atoms with van der Waals surface area (Å²) >= 11 is 0. The Morgan fingerprint density at radius 1 is 0.750 bits per heavy atom. The van der Waals surface area contributed by atoms with Gasteiger partial charge in [0.15, 0.2) is 0 Å². The van der Waals surface area contributed by atoms with Gasteiger partial charge in [0.1, 0.15) is 5.57 Å². The topological polar surface area (TPSA) is 55.8 Å². The quantitative estimate of drug-likeness (QED) is 0.110. The second-order valence-electron chi connectivity index (χ2n) is 8.41. The molecule has 0 N–H and O–H groups in total. The number of carbonyl (C=O) groups excluding carboxylic acids is 2. The van der Waals surface area contributed by atoms with E-state index in [1.54, 1.807) is 6.08 Å². The molecule has 0 aliphatic heterocycles. The van der Waals surface area contributed by atoms with E-state index in [0.29, 0.717) is 0 Å². The van der Waals surface area contributed by atoms with Crippen LogP contribution in [0.4, 0.5) is 0 Å². The van der Waals surface area contributed by atoms with Crippen molar-refractivity contribution in [3.05, 3.63) is 125 Å². The van der Waals surface area contributed by atoms with E-state index in [1.807, 2.05) is 36.4 Å². The van der Waals surface area contributed by atoms with Crippen molar-refractivity contribution in [3.63, 3.8) is 0 Å². The fourth-order valence-corrected chi connectivity index (χ4v) is 4.00. The number of hydrogen-bond donors (Lipinski definition) is 0.